The second-order valence-corrected chi connectivity index (χ2v) is 11.7. The summed E-state index contributed by atoms with van der Waals surface area (Å²) in [6.07, 6.45) is 0. The van der Waals surface area contributed by atoms with Gasteiger partial charge in [-0.1, -0.05) is 147 Å². The van der Waals surface area contributed by atoms with Crippen molar-refractivity contribution in [3.63, 3.8) is 0 Å². The Labute approximate surface area is 241 Å². The van der Waals surface area contributed by atoms with E-state index in [1.807, 2.05) is 0 Å². The van der Waals surface area contributed by atoms with Gasteiger partial charge in [0.1, 0.15) is 11.5 Å². The summed E-state index contributed by atoms with van der Waals surface area (Å²) in [7, 11) is 0. The molecule has 0 bridgehead atoms. The van der Waals surface area contributed by atoms with Gasteiger partial charge in [0.05, 0.1) is 5.41 Å². The lowest BCUT2D eigenvalue weighted by Crippen LogP contribution is -2.28. The van der Waals surface area contributed by atoms with Crippen LogP contribution in [0.1, 0.15) is 47.2 Å². The summed E-state index contributed by atoms with van der Waals surface area (Å²) in [5.41, 5.74) is 12.1. The molecule has 2 aliphatic rings. The zero-order valence-corrected chi connectivity index (χ0v) is 23.3. The van der Waals surface area contributed by atoms with Gasteiger partial charge in [-0.15, -0.1) is 0 Å². The van der Waals surface area contributed by atoms with Crippen LogP contribution in [-0.2, 0) is 10.8 Å². The fourth-order valence-electron chi connectivity index (χ4n) is 7.53. The highest BCUT2D eigenvalue weighted by Gasteiger charge is 2.47. The molecule has 1 heteroatoms. The van der Waals surface area contributed by atoms with Crippen LogP contribution >= 0.6 is 0 Å². The van der Waals surface area contributed by atoms with Gasteiger partial charge in [-0.25, -0.2) is 0 Å². The van der Waals surface area contributed by atoms with E-state index in [0.717, 1.165) is 11.5 Å². The van der Waals surface area contributed by atoms with Crippen LogP contribution in [-0.4, -0.2) is 0 Å². The molecule has 6 aromatic carbocycles. The smallest absolute Gasteiger partial charge is 0.132 e. The second kappa shape index (κ2) is 8.81. The quantitative estimate of drug-likeness (QED) is 0.223. The maximum Gasteiger partial charge on any atom is 0.132 e. The van der Waals surface area contributed by atoms with E-state index in [9.17, 15) is 0 Å². The highest BCUT2D eigenvalue weighted by Crippen LogP contribution is 2.59. The molecule has 8 rings (SSSR count). The van der Waals surface area contributed by atoms with E-state index in [-0.39, 0.29) is 5.41 Å². The van der Waals surface area contributed by atoms with Gasteiger partial charge >= 0.3 is 0 Å². The fraction of sp³-hybridized carbons (Fsp3) is 0.100. The zero-order chi connectivity index (χ0) is 27.6. The van der Waals surface area contributed by atoms with E-state index in [4.69, 9.17) is 4.74 Å². The third-order valence-electron chi connectivity index (χ3n) is 9.20. The topological polar surface area (TPSA) is 9.23 Å². The summed E-state index contributed by atoms with van der Waals surface area (Å²) < 4.78 is 6.54. The minimum absolute atomic E-state index is 0.225. The van der Waals surface area contributed by atoms with Crippen LogP contribution in [0.5, 0.6) is 11.5 Å². The van der Waals surface area contributed by atoms with Crippen LogP contribution in [0.4, 0.5) is 0 Å². The summed E-state index contributed by atoms with van der Waals surface area (Å²) >= 11 is 0. The Morgan fingerprint density at radius 2 is 0.927 bits per heavy atom. The van der Waals surface area contributed by atoms with E-state index >= 15 is 0 Å². The van der Waals surface area contributed by atoms with Crippen LogP contribution in [0.15, 0.2) is 146 Å². The number of para-hydroxylation sites is 1. The summed E-state index contributed by atoms with van der Waals surface area (Å²) in [4.78, 5) is 0. The molecule has 0 unspecified atom stereocenters. The second-order valence-electron chi connectivity index (χ2n) is 11.7. The summed E-state index contributed by atoms with van der Waals surface area (Å²) in [6, 6.07) is 52.8. The molecule has 1 nitrogen and oxygen atoms in total. The van der Waals surface area contributed by atoms with Crippen molar-refractivity contribution in [1.29, 1.82) is 0 Å². The number of fused-ring (bicyclic) bond motifs is 5. The van der Waals surface area contributed by atoms with E-state index in [1.165, 1.54) is 55.6 Å². The molecular weight excluding hydrogens is 496 g/mol. The average molecular weight is 527 g/mol. The first-order valence-electron chi connectivity index (χ1n) is 14.4. The Morgan fingerprint density at radius 1 is 0.415 bits per heavy atom. The van der Waals surface area contributed by atoms with Crippen molar-refractivity contribution in [3.05, 3.63) is 179 Å². The van der Waals surface area contributed by atoms with Crippen molar-refractivity contribution < 1.29 is 4.74 Å². The molecule has 0 radical (unpaired) electrons. The van der Waals surface area contributed by atoms with E-state index < -0.39 is 5.41 Å². The van der Waals surface area contributed by atoms with Crippen LogP contribution in [0.3, 0.4) is 0 Å². The molecule has 1 heterocycles. The first-order valence-corrected chi connectivity index (χ1v) is 14.4. The van der Waals surface area contributed by atoms with Gasteiger partial charge in [-0.05, 0) is 56.6 Å². The maximum atomic E-state index is 6.54. The zero-order valence-electron chi connectivity index (χ0n) is 23.3. The Balaban J connectivity index is 1.47. The van der Waals surface area contributed by atoms with Crippen LogP contribution in [0.25, 0.3) is 22.3 Å². The van der Waals surface area contributed by atoms with E-state index in [1.54, 1.807) is 0 Å². The third-order valence-corrected chi connectivity index (χ3v) is 9.20. The number of hydrogen-bond donors (Lipinski definition) is 0. The summed E-state index contributed by atoms with van der Waals surface area (Å²) in [5, 5.41) is 0. The van der Waals surface area contributed by atoms with Gasteiger partial charge in [0, 0.05) is 16.5 Å². The Morgan fingerprint density at radius 3 is 1.66 bits per heavy atom. The first kappa shape index (κ1) is 24.0. The highest BCUT2D eigenvalue weighted by molar-refractivity contribution is 5.96. The molecule has 0 spiro atoms. The molecule has 196 valence electrons. The summed E-state index contributed by atoms with van der Waals surface area (Å²) in [5.74, 6) is 1.88. The molecule has 0 N–H and O–H groups in total. The lowest BCUT2D eigenvalue weighted by molar-refractivity contribution is 0.419. The molecule has 0 aromatic heterocycles. The van der Waals surface area contributed by atoms with Crippen molar-refractivity contribution in [2.75, 3.05) is 0 Å². The molecule has 41 heavy (non-hydrogen) atoms. The van der Waals surface area contributed by atoms with Crippen molar-refractivity contribution in [2.45, 2.75) is 24.7 Å². The Bertz CT molecular complexity index is 1890. The third kappa shape index (κ3) is 3.24. The Hall–Kier alpha value is -4.88. The maximum absolute atomic E-state index is 6.54. The minimum atomic E-state index is -0.419. The van der Waals surface area contributed by atoms with E-state index in [0.29, 0.717) is 0 Å². The largest absolute Gasteiger partial charge is 0.457 e. The molecule has 0 atom stereocenters. The van der Waals surface area contributed by atoms with Gasteiger partial charge in [0.2, 0.25) is 0 Å². The van der Waals surface area contributed by atoms with Gasteiger partial charge in [0.15, 0.2) is 0 Å². The molecule has 6 aromatic rings. The number of rotatable bonds is 3. The van der Waals surface area contributed by atoms with Crippen molar-refractivity contribution >= 4 is 0 Å². The van der Waals surface area contributed by atoms with Gasteiger partial charge in [-0.2, -0.15) is 0 Å². The number of ether oxygens (including phenoxy) is 1. The predicted octanol–water partition coefficient (Wildman–Crippen LogP) is 10.1. The van der Waals surface area contributed by atoms with E-state index in [2.05, 4.69) is 159 Å². The van der Waals surface area contributed by atoms with Crippen molar-refractivity contribution in [3.8, 4) is 33.8 Å². The molecule has 0 saturated carbocycles. The molecule has 0 fully saturated rings. The lowest BCUT2D eigenvalue weighted by atomic mass is 9.67. The lowest BCUT2D eigenvalue weighted by Gasteiger charge is -2.36. The minimum Gasteiger partial charge on any atom is -0.457 e. The van der Waals surface area contributed by atoms with Gasteiger partial charge in [0.25, 0.3) is 0 Å². The average Bonchev–Trinajstić information content (AvgIpc) is 3.33. The highest BCUT2D eigenvalue weighted by atomic mass is 16.5. The monoisotopic (exact) mass is 526 g/mol. The van der Waals surface area contributed by atoms with Gasteiger partial charge in [-0.3, -0.25) is 0 Å². The molecule has 0 amide bonds. The number of benzene rings is 6. The SMILES string of the molecule is CC1(C)c2ccccc2Oc2cccc(-c3cccc4c3-c3ccccc3C4(c3ccccc3)c3ccccc3)c21. The molecule has 0 saturated heterocycles. The summed E-state index contributed by atoms with van der Waals surface area (Å²) in [6.45, 7) is 4.65. The van der Waals surface area contributed by atoms with Crippen molar-refractivity contribution in [1.82, 2.24) is 0 Å². The standard InChI is InChI=1S/C40H30O/c1-39(2)33-23-11-12-25-35(33)41-36-26-14-21-30(38(36)39)29-20-13-24-34-37(29)31-19-9-10-22-32(31)40(34,27-15-5-3-6-16-27)28-17-7-4-8-18-28/h3-26H,1-2H3. The fourth-order valence-corrected chi connectivity index (χ4v) is 7.53. The predicted molar refractivity (Wildman–Crippen MR) is 168 cm³/mol. The van der Waals surface area contributed by atoms with Crippen LogP contribution in [0, 0.1) is 0 Å². The van der Waals surface area contributed by atoms with Crippen LogP contribution in [0.2, 0.25) is 0 Å². The van der Waals surface area contributed by atoms with Crippen LogP contribution < -0.4 is 4.74 Å². The molecule has 1 aliphatic carbocycles. The van der Waals surface area contributed by atoms with Gasteiger partial charge < -0.3 is 4.74 Å². The Kier molecular flexibility index (Phi) is 5.15. The first-order chi connectivity index (χ1) is 20.1. The number of hydrogen-bond acceptors (Lipinski definition) is 1. The van der Waals surface area contributed by atoms with Crippen molar-refractivity contribution in [2.24, 2.45) is 0 Å². The molecular formula is C40H30O. The molecule has 1 aliphatic heterocycles. The normalized spacial score (nSPS) is 15.2.